The fourth-order valence-electron chi connectivity index (χ4n) is 3.22. The molecule has 1 saturated carbocycles. The van der Waals surface area contributed by atoms with Gasteiger partial charge in [-0.25, -0.2) is 0 Å². The van der Waals surface area contributed by atoms with Crippen LogP contribution in [-0.4, -0.2) is 23.9 Å². The summed E-state index contributed by atoms with van der Waals surface area (Å²) in [5.41, 5.74) is 0. The van der Waals surface area contributed by atoms with Crippen LogP contribution < -0.4 is 0 Å². The molecule has 0 aromatic carbocycles. The van der Waals surface area contributed by atoms with E-state index in [1.807, 2.05) is 0 Å². The highest BCUT2D eigenvalue weighted by Crippen LogP contribution is 2.30. The number of amides is 1. The molecule has 0 atom stereocenters. The van der Waals surface area contributed by atoms with Crippen molar-refractivity contribution in [1.82, 2.24) is 4.90 Å². The smallest absolute Gasteiger partial charge is 0.225 e. The van der Waals surface area contributed by atoms with E-state index in [0.29, 0.717) is 11.8 Å². The van der Waals surface area contributed by atoms with Crippen LogP contribution >= 0.6 is 0 Å². The molecular formula is C14H25NO. The molecule has 2 rings (SSSR count). The zero-order valence-corrected chi connectivity index (χ0v) is 10.7. The van der Waals surface area contributed by atoms with Gasteiger partial charge in [0.15, 0.2) is 0 Å². The van der Waals surface area contributed by atoms with E-state index in [1.165, 1.54) is 25.7 Å². The molecule has 1 heterocycles. The molecule has 16 heavy (non-hydrogen) atoms. The van der Waals surface area contributed by atoms with Crippen LogP contribution in [0.25, 0.3) is 0 Å². The maximum Gasteiger partial charge on any atom is 0.225 e. The summed E-state index contributed by atoms with van der Waals surface area (Å²) in [5, 5.41) is 0. The molecule has 0 N–H and O–H groups in total. The molecule has 1 amide bonds. The summed E-state index contributed by atoms with van der Waals surface area (Å²) in [6, 6.07) is 0. The highest BCUT2D eigenvalue weighted by atomic mass is 16.2. The van der Waals surface area contributed by atoms with E-state index in [0.717, 1.165) is 37.8 Å². The van der Waals surface area contributed by atoms with Gasteiger partial charge in [0.05, 0.1) is 0 Å². The minimum Gasteiger partial charge on any atom is -0.342 e. The van der Waals surface area contributed by atoms with E-state index in [4.69, 9.17) is 0 Å². The van der Waals surface area contributed by atoms with Gasteiger partial charge in [0.25, 0.3) is 0 Å². The standard InChI is InChI=1S/C14H25NO/c1-11(2)12-7-9-15(10-8-12)14(16)13-5-3-4-6-13/h11-13H,3-10H2,1-2H3. The van der Waals surface area contributed by atoms with Gasteiger partial charge in [-0.05, 0) is 37.5 Å². The monoisotopic (exact) mass is 223 g/mol. The average molecular weight is 223 g/mol. The molecule has 1 saturated heterocycles. The normalized spacial score (nSPS) is 24.3. The van der Waals surface area contributed by atoms with Crippen LogP contribution in [0.1, 0.15) is 52.4 Å². The van der Waals surface area contributed by atoms with Crippen LogP contribution in [0.2, 0.25) is 0 Å². The van der Waals surface area contributed by atoms with E-state index in [1.54, 1.807) is 0 Å². The molecule has 0 unspecified atom stereocenters. The van der Waals surface area contributed by atoms with Crippen LogP contribution in [0.15, 0.2) is 0 Å². The molecule has 2 heteroatoms. The minimum atomic E-state index is 0.371. The largest absolute Gasteiger partial charge is 0.342 e. The first kappa shape index (κ1) is 11.9. The zero-order chi connectivity index (χ0) is 11.5. The average Bonchev–Trinajstić information content (AvgIpc) is 2.81. The topological polar surface area (TPSA) is 20.3 Å². The Morgan fingerprint density at radius 1 is 1.06 bits per heavy atom. The van der Waals surface area contributed by atoms with E-state index < -0.39 is 0 Å². The number of hydrogen-bond donors (Lipinski definition) is 0. The Labute approximate surface area is 99.4 Å². The molecule has 92 valence electrons. The Morgan fingerprint density at radius 2 is 1.62 bits per heavy atom. The van der Waals surface area contributed by atoms with Gasteiger partial charge in [-0.3, -0.25) is 4.79 Å². The summed E-state index contributed by atoms with van der Waals surface area (Å²) in [6.07, 6.45) is 7.25. The highest BCUT2D eigenvalue weighted by molar-refractivity contribution is 5.79. The Kier molecular flexibility index (Phi) is 3.88. The fourth-order valence-corrected chi connectivity index (χ4v) is 3.22. The fraction of sp³-hybridized carbons (Fsp3) is 0.929. The van der Waals surface area contributed by atoms with Gasteiger partial charge in [-0.15, -0.1) is 0 Å². The number of hydrogen-bond acceptors (Lipinski definition) is 1. The summed E-state index contributed by atoms with van der Waals surface area (Å²) in [7, 11) is 0. The number of carbonyl (C=O) groups is 1. The lowest BCUT2D eigenvalue weighted by molar-refractivity contribution is -0.136. The van der Waals surface area contributed by atoms with Crippen molar-refractivity contribution in [3.8, 4) is 0 Å². The molecule has 0 bridgehead atoms. The van der Waals surface area contributed by atoms with Crippen LogP contribution in [0.5, 0.6) is 0 Å². The molecule has 0 aromatic heterocycles. The second-order valence-corrected chi connectivity index (χ2v) is 5.89. The second kappa shape index (κ2) is 5.20. The van der Waals surface area contributed by atoms with Gasteiger partial charge in [0.2, 0.25) is 5.91 Å². The molecule has 0 radical (unpaired) electrons. The van der Waals surface area contributed by atoms with Crippen molar-refractivity contribution in [3.63, 3.8) is 0 Å². The molecule has 2 fully saturated rings. The number of carbonyl (C=O) groups excluding carboxylic acids is 1. The third-order valence-electron chi connectivity index (χ3n) is 4.50. The van der Waals surface area contributed by atoms with E-state index in [-0.39, 0.29) is 0 Å². The Balaban J connectivity index is 1.81. The van der Waals surface area contributed by atoms with Crippen LogP contribution in [0.4, 0.5) is 0 Å². The number of rotatable bonds is 2. The Hall–Kier alpha value is -0.530. The predicted molar refractivity (Wildman–Crippen MR) is 66.1 cm³/mol. The van der Waals surface area contributed by atoms with Crippen LogP contribution in [0, 0.1) is 17.8 Å². The van der Waals surface area contributed by atoms with E-state index >= 15 is 0 Å². The van der Waals surface area contributed by atoms with Crippen molar-refractivity contribution in [1.29, 1.82) is 0 Å². The SMILES string of the molecule is CC(C)C1CCN(C(=O)C2CCCC2)CC1. The number of nitrogens with zero attached hydrogens (tertiary/aromatic N) is 1. The van der Waals surface area contributed by atoms with Gasteiger partial charge in [0.1, 0.15) is 0 Å². The van der Waals surface area contributed by atoms with Gasteiger partial charge in [-0.1, -0.05) is 26.7 Å². The molecule has 1 aliphatic heterocycles. The summed E-state index contributed by atoms with van der Waals surface area (Å²) < 4.78 is 0. The van der Waals surface area contributed by atoms with Crippen molar-refractivity contribution in [2.45, 2.75) is 52.4 Å². The molecule has 0 spiro atoms. The highest BCUT2D eigenvalue weighted by Gasteiger charge is 2.30. The summed E-state index contributed by atoms with van der Waals surface area (Å²) in [5.74, 6) is 2.45. The number of piperidine rings is 1. The van der Waals surface area contributed by atoms with Crippen molar-refractivity contribution >= 4 is 5.91 Å². The number of likely N-dealkylation sites (tertiary alicyclic amines) is 1. The maximum atomic E-state index is 12.2. The molecular weight excluding hydrogens is 198 g/mol. The quantitative estimate of drug-likeness (QED) is 0.704. The van der Waals surface area contributed by atoms with E-state index in [2.05, 4.69) is 18.7 Å². The van der Waals surface area contributed by atoms with Crippen LogP contribution in [0.3, 0.4) is 0 Å². The lowest BCUT2D eigenvalue weighted by atomic mass is 9.86. The van der Waals surface area contributed by atoms with Gasteiger partial charge in [-0.2, -0.15) is 0 Å². The van der Waals surface area contributed by atoms with Crippen molar-refractivity contribution in [2.75, 3.05) is 13.1 Å². The maximum absolute atomic E-state index is 12.2. The Bertz CT molecular complexity index is 235. The first-order valence-electron chi connectivity index (χ1n) is 6.97. The molecule has 1 aliphatic carbocycles. The molecule has 2 nitrogen and oxygen atoms in total. The summed E-state index contributed by atoms with van der Waals surface area (Å²) in [6.45, 7) is 6.63. The van der Waals surface area contributed by atoms with Gasteiger partial charge < -0.3 is 4.90 Å². The van der Waals surface area contributed by atoms with Crippen molar-refractivity contribution in [2.24, 2.45) is 17.8 Å². The third-order valence-corrected chi connectivity index (χ3v) is 4.50. The van der Waals surface area contributed by atoms with Crippen molar-refractivity contribution < 1.29 is 4.79 Å². The first-order chi connectivity index (χ1) is 7.68. The summed E-state index contributed by atoms with van der Waals surface area (Å²) >= 11 is 0. The first-order valence-corrected chi connectivity index (χ1v) is 6.97. The molecule has 2 aliphatic rings. The lowest BCUT2D eigenvalue weighted by Crippen LogP contribution is -2.42. The predicted octanol–water partition coefficient (Wildman–Crippen LogP) is 3.07. The summed E-state index contributed by atoms with van der Waals surface area (Å²) in [4.78, 5) is 14.3. The van der Waals surface area contributed by atoms with Crippen LogP contribution in [-0.2, 0) is 4.79 Å². The van der Waals surface area contributed by atoms with E-state index in [9.17, 15) is 4.79 Å². The zero-order valence-electron chi connectivity index (χ0n) is 10.7. The third kappa shape index (κ3) is 2.58. The Morgan fingerprint density at radius 3 is 2.12 bits per heavy atom. The van der Waals surface area contributed by atoms with Gasteiger partial charge in [0, 0.05) is 19.0 Å². The second-order valence-electron chi connectivity index (χ2n) is 5.89. The van der Waals surface area contributed by atoms with Gasteiger partial charge >= 0.3 is 0 Å². The lowest BCUT2D eigenvalue weighted by Gasteiger charge is -2.35. The molecule has 0 aromatic rings. The van der Waals surface area contributed by atoms with Crippen molar-refractivity contribution in [3.05, 3.63) is 0 Å². The minimum absolute atomic E-state index is 0.371.